The molecule has 1 unspecified atom stereocenters. The number of rotatable bonds is 6. The third-order valence-corrected chi connectivity index (χ3v) is 5.94. The molecule has 1 atom stereocenters. The Morgan fingerprint density at radius 2 is 1.83 bits per heavy atom. The standard InChI is InChI=1S/C26H27N3O7/c1-12(2)35-17-9-7-16(8-10-17)22-20(24(31)25(32)29(22)18-11-13(3)36-28-18)23(30)19-14(4)21(26(33)34-6)27-15(19)5/h7-12,22,27,30H,1-6H3/b23-20+. The maximum Gasteiger partial charge on any atom is 0.354 e. The molecule has 1 aromatic carbocycles. The number of ketones is 1. The Morgan fingerprint density at radius 1 is 1.17 bits per heavy atom. The zero-order chi connectivity index (χ0) is 26.3. The van der Waals surface area contributed by atoms with Gasteiger partial charge in [-0.3, -0.25) is 14.5 Å². The molecule has 0 radical (unpaired) electrons. The Bertz CT molecular complexity index is 1380. The van der Waals surface area contributed by atoms with Crippen molar-refractivity contribution in [2.75, 3.05) is 12.0 Å². The first-order valence-corrected chi connectivity index (χ1v) is 11.3. The van der Waals surface area contributed by atoms with Crippen LogP contribution in [-0.2, 0) is 14.3 Å². The van der Waals surface area contributed by atoms with E-state index in [2.05, 4.69) is 10.1 Å². The van der Waals surface area contributed by atoms with Crippen molar-refractivity contribution in [2.45, 2.75) is 46.8 Å². The number of hydrogen-bond donors (Lipinski definition) is 2. The normalized spacial score (nSPS) is 17.2. The Labute approximate surface area is 207 Å². The Kier molecular flexibility index (Phi) is 6.45. The molecule has 1 aliphatic heterocycles. The Morgan fingerprint density at radius 3 is 2.39 bits per heavy atom. The topological polar surface area (TPSA) is 135 Å². The second-order valence-electron chi connectivity index (χ2n) is 8.82. The lowest BCUT2D eigenvalue weighted by atomic mass is 9.94. The minimum Gasteiger partial charge on any atom is -0.507 e. The van der Waals surface area contributed by atoms with Crippen molar-refractivity contribution >= 4 is 29.2 Å². The lowest BCUT2D eigenvalue weighted by Crippen LogP contribution is -2.29. The zero-order valence-electron chi connectivity index (χ0n) is 20.8. The number of hydrogen-bond acceptors (Lipinski definition) is 8. The molecule has 0 spiro atoms. The summed E-state index contributed by atoms with van der Waals surface area (Å²) in [5, 5.41) is 15.4. The van der Waals surface area contributed by atoms with Gasteiger partial charge in [0, 0.05) is 17.3 Å². The van der Waals surface area contributed by atoms with Gasteiger partial charge in [0.05, 0.1) is 24.8 Å². The number of methoxy groups -OCH3 is 1. The molecule has 10 heteroatoms. The number of benzene rings is 1. The lowest BCUT2D eigenvalue weighted by molar-refractivity contribution is -0.132. The van der Waals surface area contributed by atoms with Crippen LogP contribution in [0.5, 0.6) is 5.75 Å². The van der Waals surface area contributed by atoms with Gasteiger partial charge in [-0.25, -0.2) is 4.79 Å². The van der Waals surface area contributed by atoms with Crippen LogP contribution in [0, 0.1) is 20.8 Å². The maximum absolute atomic E-state index is 13.3. The second kappa shape index (κ2) is 9.37. The quantitative estimate of drug-likeness (QED) is 0.227. The first kappa shape index (κ1) is 24.8. The van der Waals surface area contributed by atoms with Crippen LogP contribution in [0.25, 0.3) is 5.76 Å². The fourth-order valence-electron chi connectivity index (χ4n) is 4.40. The van der Waals surface area contributed by atoms with Crippen molar-refractivity contribution in [2.24, 2.45) is 0 Å². The van der Waals surface area contributed by atoms with Gasteiger partial charge in [-0.2, -0.15) is 0 Å². The summed E-state index contributed by atoms with van der Waals surface area (Å²) in [4.78, 5) is 42.8. The number of Topliss-reactive ketones (excluding diaryl/α,β-unsaturated/α-hetero) is 1. The minimum absolute atomic E-state index is 0.0388. The summed E-state index contributed by atoms with van der Waals surface area (Å²) in [6, 6.07) is 7.43. The van der Waals surface area contributed by atoms with Crippen LogP contribution in [0.4, 0.5) is 5.82 Å². The van der Waals surface area contributed by atoms with Crippen molar-refractivity contribution < 1.29 is 33.5 Å². The van der Waals surface area contributed by atoms with Gasteiger partial charge in [0.25, 0.3) is 5.78 Å². The molecular weight excluding hydrogens is 466 g/mol. The summed E-state index contributed by atoms with van der Waals surface area (Å²) in [7, 11) is 1.25. The molecule has 4 rings (SSSR count). The van der Waals surface area contributed by atoms with E-state index in [0.717, 1.165) is 0 Å². The highest BCUT2D eigenvalue weighted by atomic mass is 16.5. The molecular formula is C26H27N3O7. The number of amides is 1. The molecule has 3 aromatic rings. The maximum atomic E-state index is 13.3. The molecule has 0 saturated carbocycles. The van der Waals surface area contributed by atoms with Crippen LogP contribution in [0.15, 0.2) is 40.4 Å². The van der Waals surface area contributed by atoms with E-state index in [-0.39, 0.29) is 28.8 Å². The summed E-state index contributed by atoms with van der Waals surface area (Å²) < 4.78 is 15.7. The van der Waals surface area contributed by atoms with Crippen molar-refractivity contribution in [3.05, 3.63) is 69.7 Å². The third kappa shape index (κ3) is 4.15. The molecule has 1 aliphatic rings. The zero-order valence-corrected chi connectivity index (χ0v) is 20.8. The van der Waals surface area contributed by atoms with E-state index in [9.17, 15) is 19.5 Å². The van der Waals surface area contributed by atoms with E-state index in [0.29, 0.717) is 28.3 Å². The number of ether oxygens (including phenoxy) is 2. The number of anilines is 1. The average molecular weight is 494 g/mol. The Balaban J connectivity index is 1.93. The molecule has 2 aromatic heterocycles. The van der Waals surface area contributed by atoms with E-state index in [1.165, 1.54) is 18.1 Å². The van der Waals surface area contributed by atoms with Crippen LogP contribution in [0.2, 0.25) is 0 Å². The van der Waals surface area contributed by atoms with Gasteiger partial charge < -0.3 is 24.1 Å². The van der Waals surface area contributed by atoms with Crippen molar-refractivity contribution in [3.63, 3.8) is 0 Å². The second-order valence-corrected chi connectivity index (χ2v) is 8.82. The monoisotopic (exact) mass is 493 g/mol. The highest BCUT2D eigenvalue weighted by Crippen LogP contribution is 2.43. The number of aromatic amines is 1. The molecule has 1 saturated heterocycles. The summed E-state index contributed by atoms with van der Waals surface area (Å²) in [6.07, 6.45) is -0.0388. The van der Waals surface area contributed by atoms with Gasteiger partial charge in [0.15, 0.2) is 5.82 Å². The van der Waals surface area contributed by atoms with Crippen molar-refractivity contribution in [3.8, 4) is 5.75 Å². The molecule has 1 fully saturated rings. The summed E-state index contributed by atoms with van der Waals surface area (Å²) >= 11 is 0. The minimum atomic E-state index is -1.00. The molecule has 2 N–H and O–H groups in total. The van der Waals surface area contributed by atoms with E-state index < -0.39 is 29.5 Å². The number of aliphatic hydroxyl groups is 1. The number of carbonyl (C=O) groups is 3. The molecule has 188 valence electrons. The summed E-state index contributed by atoms with van der Waals surface area (Å²) in [5.74, 6) is -1.58. The van der Waals surface area contributed by atoms with Gasteiger partial charge in [0.1, 0.15) is 23.0 Å². The van der Waals surface area contributed by atoms with Crippen molar-refractivity contribution in [1.29, 1.82) is 0 Å². The van der Waals surface area contributed by atoms with E-state index in [4.69, 9.17) is 14.0 Å². The number of nitrogens with zero attached hydrogens (tertiary/aromatic N) is 2. The number of aliphatic hydroxyl groups excluding tert-OH is 1. The summed E-state index contributed by atoms with van der Waals surface area (Å²) in [5.41, 5.74) is 1.62. The van der Waals surface area contributed by atoms with Gasteiger partial charge in [-0.05, 0) is 57.9 Å². The number of H-pyrrole nitrogens is 1. The summed E-state index contributed by atoms with van der Waals surface area (Å²) in [6.45, 7) is 8.74. The van der Waals surface area contributed by atoms with E-state index >= 15 is 0 Å². The third-order valence-electron chi connectivity index (χ3n) is 5.94. The van der Waals surface area contributed by atoms with Gasteiger partial charge in [-0.1, -0.05) is 17.3 Å². The first-order valence-electron chi connectivity index (χ1n) is 11.3. The highest BCUT2D eigenvalue weighted by molar-refractivity contribution is 6.51. The highest BCUT2D eigenvalue weighted by Gasteiger charge is 2.48. The Hall–Kier alpha value is -4.34. The number of aromatic nitrogens is 2. The number of aryl methyl sites for hydroxylation is 2. The molecule has 3 heterocycles. The largest absolute Gasteiger partial charge is 0.507 e. The number of nitrogens with one attached hydrogen (secondary N) is 1. The van der Waals surface area contributed by atoms with Crippen LogP contribution < -0.4 is 9.64 Å². The molecule has 10 nitrogen and oxygen atoms in total. The average Bonchev–Trinajstić information content (AvgIpc) is 3.47. The van der Waals surface area contributed by atoms with Crippen LogP contribution >= 0.6 is 0 Å². The number of carbonyl (C=O) groups excluding carboxylic acids is 3. The first-order chi connectivity index (χ1) is 17.0. The SMILES string of the molecule is COC(=O)c1[nH]c(C)c(/C(O)=C2\C(=O)C(=O)N(c3cc(C)on3)C2c2ccc(OC(C)C)cc2)c1C. The van der Waals surface area contributed by atoms with Crippen LogP contribution in [0.1, 0.15) is 58.5 Å². The molecule has 0 bridgehead atoms. The van der Waals surface area contributed by atoms with Gasteiger partial charge in [-0.15, -0.1) is 0 Å². The predicted molar refractivity (Wildman–Crippen MR) is 130 cm³/mol. The predicted octanol–water partition coefficient (Wildman–Crippen LogP) is 4.13. The van der Waals surface area contributed by atoms with Crippen molar-refractivity contribution in [1.82, 2.24) is 10.1 Å². The van der Waals surface area contributed by atoms with Crippen LogP contribution in [0.3, 0.4) is 0 Å². The molecule has 0 aliphatic carbocycles. The number of esters is 1. The van der Waals surface area contributed by atoms with Crippen LogP contribution in [-0.4, -0.2) is 46.1 Å². The molecule has 36 heavy (non-hydrogen) atoms. The van der Waals surface area contributed by atoms with E-state index in [1.807, 2.05) is 13.8 Å². The van der Waals surface area contributed by atoms with E-state index in [1.54, 1.807) is 45.0 Å². The molecule has 1 amide bonds. The van der Waals surface area contributed by atoms with Gasteiger partial charge >= 0.3 is 11.9 Å². The lowest BCUT2D eigenvalue weighted by Gasteiger charge is -2.23. The fraction of sp³-hybridized carbons (Fsp3) is 0.308. The van der Waals surface area contributed by atoms with Gasteiger partial charge in [0.2, 0.25) is 0 Å². The fourth-order valence-corrected chi connectivity index (χ4v) is 4.40. The smallest absolute Gasteiger partial charge is 0.354 e.